The predicted octanol–water partition coefficient (Wildman–Crippen LogP) is 2.32. The van der Waals surface area contributed by atoms with E-state index in [-0.39, 0.29) is 5.41 Å². The van der Waals surface area contributed by atoms with Crippen molar-refractivity contribution in [3.63, 3.8) is 0 Å². The number of rotatable bonds is 8. The van der Waals surface area contributed by atoms with Crippen molar-refractivity contribution in [2.75, 3.05) is 39.5 Å². The van der Waals surface area contributed by atoms with Crippen molar-refractivity contribution >= 4 is 5.96 Å². The van der Waals surface area contributed by atoms with Crippen LogP contribution in [-0.2, 0) is 9.47 Å². The highest BCUT2D eigenvalue weighted by Gasteiger charge is 2.33. The molecule has 0 unspecified atom stereocenters. The van der Waals surface area contributed by atoms with Gasteiger partial charge in [-0.15, -0.1) is 0 Å². The van der Waals surface area contributed by atoms with E-state index in [1.54, 1.807) is 0 Å². The quantitative estimate of drug-likeness (QED) is 0.410. The average molecular weight is 311 g/mol. The molecule has 1 aliphatic carbocycles. The summed E-state index contributed by atoms with van der Waals surface area (Å²) in [5.74, 6) is 0.910. The van der Waals surface area contributed by atoms with Gasteiger partial charge in [0.05, 0.1) is 25.9 Å². The summed E-state index contributed by atoms with van der Waals surface area (Å²) < 4.78 is 11.2. The number of ether oxygens (including phenoxy) is 2. The van der Waals surface area contributed by atoms with Crippen molar-refractivity contribution in [1.29, 1.82) is 0 Å². The van der Waals surface area contributed by atoms with Crippen LogP contribution in [0.25, 0.3) is 0 Å². The molecular formula is C17H33N3O2. The second-order valence-corrected chi connectivity index (χ2v) is 6.91. The zero-order valence-corrected chi connectivity index (χ0v) is 14.3. The summed E-state index contributed by atoms with van der Waals surface area (Å²) in [7, 11) is 0. The van der Waals surface area contributed by atoms with Crippen molar-refractivity contribution in [3.05, 3.63) is 0 Å². The Labute approximate surface area is 135 Å². The van der Waals surface area contributed by atoms with Gasteiger partial charge in [-0.3, -0.25) is 4.99 Å². The Balaban J connectivity index is 1.58. The molecule has 5 nitrogen and oxygen atoms in total. The van der Waals surface area contributed by atoms with E-state index in [9.17, 15) is 0 Å². The van der Waals surface area contributed by atoms with Gasteiger partial charge in [-0.25, -0.2) is 0 Å². The first-order valence-electron chi connectivity index (χ1n) is 8.93. The molecule has 0 aromatic rings. The fraction of sp³-hybridized carbons (Fsp3) is 0.941. The van der Waals surface area contributed by atoms with Gasteiger partial charge in [0.15, 0.2) is 5.96 Å². The molecule has 2 fully saturated rings. The van der Waals surface area contributed by atoms with Crippen LogP contribution in [0, 0.1) is 5.41 Å². The van der Waals surface area contributed by atoms with E-state index in [1.807, 2.05) is 0 Å². The van der Waals surface area contributed by atoms with Gasteiger partial charge >= 0.3 is 0 Å². The average Bonchev–Trinajstić information content (AvgIpc) is 2.51. The van der Waals surface area contributed by atoms with Gasteiger partial charge in [0.2, 0.25) is 0 Å². The van der Waals surface area contributed by atoms with Crippen molar-refractivity contribution in [3.8, 4) is 0 Å². The fourth-order valence-corrected chi connectivity index (χ4v) is 2.91. The number of nitrogens with zero attached hydrogens (tertiary/aromatic N) is 1. The van der Waals surface area contributed by atoms with Crippen LogP contribution < -0.4 is 10.6 Å². The van der Waals surface area contributed by atoms with E-state index in [0.717, 1.165) is 51.8 Å². The van der Waals surface area contributed by atoms with Crippen LogP contribution in [0.5, 0.6) is 0 Å². The third-order valence-electron chi connectivity index (χ3n) is 4.38. The van der Waals surface area contributed by atoms with E-state index in [0.29, 0.717) is 6.10 Å². The minimum Gasteiger partial charge on any atom is -0.380 e. The van der Waals surface area contributed by atoms with E-state index >= 15 is 0 Å². The van der Waals surface area contributed by atoms with Crippen molar-refractivity contribution in [2.45, 2.75) is 58.5 Å². The molecule has 1 saturated carbocycles. The molecule has 0 amide bonds. The number of guanidine groups is 1. The van der Waals surface area contributed by atoms with Gasteiger partial charge in [-0.2, -0.15) is 0 Å². The molecule has 5 heteroatoms. The Morgan fingerprint density at radius 2 is 2.00 bits per heavy atom. The molecule has 0 radical (unpaired) electrons. The van der Waals surface area contributed by atoms with Crippen LogP contribution in [0.15, 0.2) is 4.99 Å². The van der Waals surface area contributed by atoms with E-state index in [2.05, 4.69) is 29.5 Å². The summed E-state index contributed by atoms with van der Waals surface area (Å²) in [6.45, 7) is 9.43. The van der Waals surface area contributed by atoms with Crippen LogP contribution in [0.3, 0.4) is 0 Å². The lowest BCUT2D eigenvalue weighted by Crippen LogP contribution is -2.44. The largest absolute Gasteiger partial charge is 0.380 e. The number of nitrogens with one attached hydrogen (secondary N) is 2. The molecule has 2 N–H and O–H groups in total. The highest BCUT2D eigenvalue weighted by Crippen LogP contribution is 2.26. The number of hydrogen-bond acceptors (Lipinski definition) is 3. The zero-order chi connectivity index (χ0) is 15.7. The number of aliphatic imine (C=N–C) groups is 1. The minimum atomic E-state index is 0.229. The van der Waals surface area contributed by atoms with Crippen molar-refractivity contribution in [1.82, 2.24) is 10.6 Å². The summed E-state index contributed by atoms with van der Waals surface area (Å²) in [5, 5.41) is 6.70. The van der Waals surface area contributed by atoms with Gasteiger partial charge in [0, 0.05) is 25.1 Å². The maximum absolute atomic E-state index is 5.95. The third kappa shape index (κ3) is 6.13. The minimum absolute atomic E-state index is 0.229. The highest BCUT2D eigenvalue weighted by atomic mass is 16.5. The van der Waals surface area contributed by atoms with Gasteiger partial charge in [0.25, 0.3) is 0 Å². The molecular weight excluding hydrogens is 278 g/mol. The van der Waals surface area contributed by atoms with Crippen LogP contribution >= 0.6 is 0 Å². The molecule has 1 aliphatic heterocycles. The van der Waals surface area contributed by atoms with Gasteiger partial charge in [-0.05, 0) is 26.2 Å². The normalized spacial score (nSPS) is 22.2. The van der Waals surface area contributed by atoms with Gasteiger partial charge in [-0.1, -0.05) is 26.2 Å². The first-order valence-corrected chi connectivity index (χ1v) is 8.93. The highest BCUT2D eigenvalue weighted by molar-refractivity contribution is 5.79. The Hall–Kier alpha value is -0.810. The van der Waals surface area contributed by atoms with E-state index < -0.39 is 0 Å². The number of hydrogen-bond donors (Lipinski definition) is 2. The van der Waals surface area contributed by atoms with Crippen molar-refractivity contribution in [2.24, 2.45) is 10.4 Å². The molecule has 0 aromatic carbocycles. The topological polar surface area (TPSA) is 54.9 Å². The Bertz CT molecular complexity index is 337. The maximum atomic E-state index is 5.95. The zero-order valence-electron chi connectivity index (χ0n) is 14.3. The smallest absolute Gasteiger partial charge is 0.191 e. The molecule has 2 aliphatic rings. The second kappa shape index (κ2) is 9.36. The lowest BCUT2D eigenvalue weighted by atomic mass is 9.89. The lowest BCUT2D eigenvalue weighted by molar-refractivity contribution is -0.0945. The van der Waals surface area contributed by atoms with E-state index in [1.165, 1.54) is 32.1 Å². The summed E-state index contributed by atoms with van der Waals surface area (Å²) in [4.78, 5) is 4.67. The molecule has 22 heavy (non-hydrogen) atoms. The summed E-state index contributed by atoms with van der Waals surface area (Å²) in [5.41, 5.74) is 0.229. The SMILES string of the molecule is CCNC(=NCC1(C)COC1)NCCCOC1CCCCC1. The summed E-state index contributed by atoms with van der Waals surface area (Å²) in [6, 6.07) is 0. The molecule has 1 saturated heterocycles. The van der Waals surface area contributed by atoms with Crippen LogP contribution in [0.1, 0.15) is 52.4 Å². The monoisotopic (exact) mass is 311 g/mol. The Kier molecular flexibility index (Phi) is 7.46. The van der Waals surface area contributed by atoms with Gasteiger partial charge < -0.3 is 20.1 Å². The maximum Gasteiger partial charge on any atom is 0.191 e. The van der Waals surface area contributed by atoms with Gasteiger partial charge in [0.1, 0.15) is 0 Å². The third-order valence-corrected chi connectivity index (χ3v) is 4.38. The second-order valence-electron chi connectivity index (χ2n) is 6.91. The first kappa shape index (κ1) is 17.5. The molecule has 1 heterocycles. The molecule has 0 bridgehead atoms. The molecule has 2 rings (SSSR count). The fourth-order valence-electron chi connectivity index (χ4n) is 2.91. The Morgan fingerprint density at radius 3 is 2.64 bits per heavy atom. The standard InChI is InChI=1S/C17H33N3O2/c1-3-18-16(20-12-17(2)13-21-14-17)19-10-7-11-22-15-8-5-4-6-9-15/h15H,3-14H2,1-2H3,(H2,18,19,20). The van der Waals surface area contributed by atoms with Crippen LogP contribution in [-0.4, -0.2) is 51.5 Å². The predicted molar refractivity (Wildman–Crippen MR) is 90.3 cm³/mol. The first-order chi connectivity index (χ1) is 10.7. The molecule has 0 aromatic heterocycles. The molecule has 0 spiro atoms. The van der Waals surface area contributed by atoms with Crippen LogP contribution in [0.2, 0.25) is 0 Å². The van der Waals surface area contributed by atoms with Crippen molar-refractivity contribution < 1.29 is 9.47 Å². The lowest BCUT2D eigenvalue weighted by Gasteiger charge is -2.36. The van der Waals surface area contributed by atoms with Crippen LogP contribution in [0.4, 0.5) is 0 Å². The summed E-state index contributed by atoms with van der Waals surface area (Å²) >= 11 is 0. The van der Waals surface area contributed by atoms with E-state index in [4.69, 9.17) is 9.47 Å². The summed E-state index contributed by atoms with van der Waals surface area (Å²) in [6.07, 6.45) is 8.09. The molecule has 0 atom stereocenters. The Morgan fingerprint density at radius 1 is 1.23 bits per heavy atom. The molecule has 128 valence electrons.